The second kappa shape index (κ2) is 7.21. The van der Waals surface area contributed by atoms with Crippen molar-refractivity contribution in [1.82, 2.24) is 5.32 Å². The third kappa shape index (κ3) is 5.55. The van der Waals surface area contributed by atoms with Gasteiger partial charge in [0.25, 0.3) is 0 Å². The first kappa shape index (κ1) is 20.6. The summed E-state index contributed by atoms with van der Waals surface area (Å²) in [7, 11) is -10.9. The van der Waals surface area contributed by atoms with Crippen LogP contribution in [0.2, 0.25) is 0 Å². The van der Waals surface area contributed by atoms with Crippen LogP contribution < -0.4 is 5.32 Å². The van der Waals surface area contributed by atoms with Crippen LogP contribution in [0.4, 0.5) is 0 Å². The maximum absolute atomic E-state index is 11.7. The quantitative estimate of drug-likeness (QED) is 0.232. The van der Waals surface area contributed by atoms with Gasteiger partial charge in [0.1, 0.15) is 24.9 Å². The topological polar surface area (TPSA) is 212 Å². The average molecular weight is 381 g/mol. The number of rotatable bonds is 6. The fourth-order valence-electron chi connectivity index (χ4n) is 1.91. The Morgan fingerprint density at radius 3 is 2.35 bits per heavy atom. The maximum atomic E-state index is 11.7. The molecule has 136 valence electrons. The number of carbonyl (C=O) groups excluding carboxylic acids is 1. The van der Waals surface area contributed by atoms with Crippen LogP contribution in [0, 0.1) is 0 Å². The monoisotopic (exact) mass is 381 g/mol. The van der Waals surface area contributed by atoms with Gasteiger partial charge in [0, 0.05) is 6.92 Å². The molecule has 0 aromatic rings. The number of phosphoric acid groups is 2. The minimum absolute atomic E-state index is 0.673. The molecule has 1 fully saturated rings. The Balaban J connectivity index is 3.14. The van der Waals surface area contributed by atoms with E-state index < -0.39 is 58.8 Å². The van der Waals surface area contributed by atoms with Gasteiger partial charge in [-0.15, -0.1) is 0 Å². The number of nitrogens with one attached hydrogen (secondary N) is 1. The molecule has 7 N–H and O–H groups in total. The molecular formula is C8H17NO12P2. The van der Waals surface area contributed by atoms with E-state index in [0.717, 1.165) is 6.92 Å². The zero-order valence-corrected chi connectivity index (χ0v) is 13.5. The van der Waals surface area contributed by atoms with Crippen molar-refractivity contribution in [2.24, 2.45) is 0 Å². The fourth-order valence-corrected chi connectivity index (χ4v) is 3.74. The van der Waals surface area contributed by atoms with Crippen LogP contribution >= 0.6 is 15.6 Å². The Morgan fingerprint density at radius 2 is 1.91 bits per heavy atom. The predicted octanol–water partition coefficient (Wildman–Crippen LogP) is -2.84. The first-order chi connectivity index (χ1) is 10.3. The van der Waals surface area contributed by atoms with Crippen molar-refractivity contribution in [3.05, 3.63) is 0 Å². The third-order valence-corrected chi connectivity index (χ3v) is 4.98. The van der Waals surface area contributed by atoms with Gasteiger partial charge in [-0.05, 0) is 0 Å². The molecule has 1 saturated heterocycles. The normalized spacial score (nSPS) is 34.7. The summed E-state index contributed by atoms with van der Waals surface area (Å²) in [5.41, 5.74) is 0. The molecular weight excluding hydrogens is 364 g/mol. The summed E-state index contributed by atoms with van der Waals surface area (Å²) in [6, 6.07) is -1.74. The van der Waals surface area contributed by atoms with Gasteiger partial charge in [-0.3, -0.25) is 4.79 Å². The molecule has 0 bridgehead atoms. The lowest BCUT2D eigenvalue weighted by Gasteiger charge is -2.46. The Hall–Kier alpha value is -0.430. The van der Waals surface area contributed by atoms with Crippen molar-refractivity contribution < 1.29 is 57.5 Å². The number of amides is 1. The third-order valence-electron chi connectivity index (χ3n) is 2.77. The van der Waals surface area contributed by atoms with Gasteiger partial charge in [0.2, 0.25) is 11.7 Å². The van der Waals surface area contributed by atoms with E-state index in [1.54, 1.807) is 0 Å². The standard InChI is InChI=1S/C8H17NO12P2/c1-4(11)9-7-6(13)5(12)2-19-8(7,3-10)20-23(17,18)21-22(14,15)16/h5-7,10,12-13H,2-3H2,1H3,(H,9,11)(H,17,18)(H2,14,15,16)/t5-,6+,7-,8+/m0/s1. The SMILES string of the molecule is CC(=O)N[C@H]1[C@H](O)[C@@H](O)CO[C@]1(CO)OP(=O)(O)OP(=O)(O)O. The Kier molecular flexibility index (Phi) is 6.47. The van der Waals surface area contributed by atoms with Crippen LogP contribution in [0.15, 0.2) is 0 Å². The lowest BCUT2D eigenvalue weighted by molar-refractivity contribution is -0.288. The van der Waals surface area contributed by atoms with E-state index in [1.165, 1.54) is 0 Å². The van der Waals surface area contributed by atoms with E-state index >= 15 is 0 Å². The van der Waals surface area contributed by atoms with Gasteiger partial charge in [-0.2, -0.15) is 4.31 Å². The minimum Gasteiger partial charge on any atom is -0.391 e. The molecule has 1 amide bonds. The number of hydrogen-bond acceptors (Lipinski definition) is 9. The van der Waals surface area contributed by atoms with Crippen LogP contribution in [-0.2, 0) is 27.5 Å². The largest absolute Gasteiger partial charge is 0.483 e. The molecule has 0 aliphatic carbocycles. The molecule has 1 unspecified atom stereocenters. The molecule has 5 atom stereocenters. The summed E-state index contributed by atoms with van der Waals surface area (Å²) in [5, 5.41) is 30.9. The maximum Gasteiger partial charge on any atom is 0.483 e. The van der Waals surface area contributed by atoms with Crippen LogP contribution in [0.1, 0.15) is 6.92 Å². The second-order valence-electron chi connectivity index (χ2n) is 4.65. The zero-order chi connectivity index (χ0) is 18.1. The van der Waals surface area contributed by atoms with Gasteiger partial charge in [0.15, 0.2) is 0 Å². The summed E-state index contributed by atoms with van der Waals surface area (Å²) < 4.78 is 35.2. The lowest BCUT2D eigenvalue weighted by Crippen LogP contribution is -2.69. The summed E-state index contributed by atoms with van der Waals surface area (Å²) >= 11 is 0. The smallest absolute Gasteiger partial charge is 0.391 e. The number of carbonyl (C=O) groups is 1. The number of phosphoric ester groups is 1. The molecule has 1 aliphatic heterocycles. The number of hydrogen-bond donors (Lipinski definition) is 7. The Morgan fingerprint density at radius 1 is 1.35 bits per heavy atom. The first-order valence-electron chi connectivity index (χ1n) is 6.00. The molecule has 1 rings (SSSR count). The highest BCUT2D eigenvalue weighted by atomic mass is 31.3. The molecule has 0 radical (unpaired) electrons. The van der Waals surface area contributed by atoms with Crippen LogP contribution in [0.3, 0.4) is 0 Å². The van der Waals surface area contributed by atoms with E-state index in [1.807, 2.05) is 5.32 Å². The molecule has 1 heterocycles. The Bertz CT molecular complexity index is 535. The van der Waals surface area contributed by atoms with E-state index in [2.05, 4.69) is 8.83 Å². The fraction of sp³-hybridized carbons (Fsp3) is 0.875. The van der Waals surface area contributed by atoms with Gasteiger partial charge < -0.3 is 40.1 Å². The highest BCUT2D eigenvalue weighted by Crippen LogP contribution is 2.60. The predicted molar refractivity (Wildman–Crippen MR) is 69.4 cm³/mol. The van der Waals surface area contributed by atoms with Gasteiger partial charge >= 0.3 is 15.6 Å². The van der Waals surface area contributed by atoms with E-state index in [-0.39, 0.29) is 0 Å². The Labute approximate surface area is 129 Å². The summed E-state index contributed by atoms with van der Waals surface area (Å²) in [5.74, 6) is -3.37. The van der Waals surface area contributed by atoms with E-state index in [0.29, 0.717) is 0 Å². The average Bonchev–Trinajstić information content (AvgIpc) is 2.35. The number of aliphatic hydroxyl groups is 3. The van der Waals surface area contributed by atoms with Crippen molar-refractivity contribution in [1.29, 1.82) is 0 Å². The van der Waals surface area contributed by atoms with Crippen molar-refractivity contribution in [2.75, 3.05) is 13.2 Å². The molecule has 15 heteroatoms. The van der Waals surface area contributed by atoms with E-state index in [4.69, 9.17) is 14.5 Å². The number of ether oxygens (including phenoxy) is 1. The second-order valence-corrected chi connectivity index (χ2v) is 7.40. The molecule has 13 nitrogen and oxygen atoms in total. The van der Waals surface area contributed by atoms with Crippen molar-refractivity contribution in [3.8, 4) is 0 Å². The van der Waals surface area contributed by atoms with Crippen LogP contribution in [-0.4, -0.2) is 73.2 Å². The molecule has 23 heavy (non-hydrogen) atoms. The highest BCUT2D eigenvalue weighted by molar-refractivity contribution is 7.60. The van der Waals surface area contributed by atoms with Crippen molar-refractivity contribution in [2.45, 2.75) is 31.0 Å². The molecule has 1 aliphatic rings. The molecule has 0 spiro atoms. The minimum atomic E-state index is -5.48. The summed E-state index contributed by atoms with van der Waals surface area (Å²) in [6.45, 7) is -0.898. The van der Waals surface area contributed by atoms with E-state index in [9.17, 15) is 34.1 Å². The van der Waals surface area contributed by atoms with Gasteiger partial charge in [0.05, 0.1) is 6.61 Å². The first-order valence-corrected chi connectivity index (χ1v) is 9.03. The van der Waals surface area contributed by atoms with Crippen molar-refractivity contribution in [3.63, 3.8) is 0 Å². The lowest BCUT2D eigenvalue weighted by atomic mass is 9.94. The van der Waals surface area contributed by atoms with Crippen LogP contribution in [0.25, 0.3) is 0 Å². The molecule has 0 aromatic carbocycles. The van der Waals surface area contributed by atoms with Crippen molar-refractivity contribution >= 4 is 21.6 Å². The summed E-state index contributed by atoms with van der Waals surface area (Å²) in [4.78, 5) is 37.7. The van der Waals surface area contributed by atoms with Gasteiger partial charge in [-0.1, -0.05) is 0 Å². The summed E-state index contributed by atoms with van der Waals surface area (Å²) in [6.07, 6.45) is -3.31. The van der Waals surface area contributed by atoms with Crippen LogP contribution in [0.5, 0.6) is 0 Å². The molecule has 0 aromatic heterocycles. The highest BCUT2D eigenvalue weighted by Gasteiger charge is 2.56. The van der Waals surface area contributed by atoms with Gasteiger partial charge in [-0.25, -0.2) is 13.7 Å². The molecule has 0 saturated carbocycles. The zero-order valence-electron chi connectivity index (χ0n) is 11.7. The number of aliphatic hydroxyl groups excluding tert-OH is 3.